The molecule has 0 aromatic heterocycles. The number of nitrogens with one attached hydrogen (secondary N) is 2. The number of methoxy groups -OCH3 is 1. The molecule has 0 bridgehead atoms. The van der Waals surface area contributed by atoms with Crippen LogP contribution in [0.4, 0.5) is 10.1 Å². The van der Waals surface area contributed by atoms with E-state index in [1.54, 1.807) is 50.2 Å². The number of hydrogen-bond acceptors (Lipinski definition) is 5. The molecule has 0 aliphatic carbocycles. The summed E-state index contributed by atoms with van der Waals surface area (Å²) in [7, 11) is 1.29. The summed E-state index contributed by atoms with van der Waals surface area (Å²) < 4.78 is 25.9. The highest BCUT2D eigenvalue weighted by atomic mass is 35.5. The summed E-state index contributed by atoms with van der Waals surface area (Å²) in [6, 6.07) is 14.0. The molecule has 2 aliphatic heterocycles. The summed E-state index contributed by atoms with van der Waals surface area (Å²) in [6.45, 7) is 5.05. The van der Waals surface area contributed by atoms with Gasteiger partial charge < -0.3 is 20.1 Å². The van der Waals surface area contributed by atoms with E-state index in [2.05, 4.69) is 10.6 Å². The van der Waals surface area contributed by atoms with E-state index in [1.165, 1.54) is 19.2 Å². The van der Waals surface area contributed by atoms with Crippen LogP contribution in [-0.2, 0) is 19.7 Å². The van der Waals surface area contributed by atoms with Gasteiger partial charge >= 0.3 is 5.97 Å². The summed E-state index contributed by atoms with van der Waals surface area (Å²) in [5.74, 6) is -1.60. The number of amides is 1. The molecule has 1 fully saturated rings. The Labute approximate surface area is 247 Å². The number of halogens is 3. The standard InChI is InChI=1S/C30H27Cl2FN2O4S/c1-15-5-8-18(33)13-19(15)26-30(21-9-6-17(32)12-23(21)34-27(30)36)22(14-25(40)35-26)20-11-16(31)7-10-24(20)39-29(2,3)28(37)38-4/h5-13,22,26H,14H2,1-4H3,(H,34,36)(H,35,40). The van der Waals surface area contributed by atoms with Crippen LogP contribution in [0.1, 0.15) is 54.5 Å². The third-order valence-electron chi connectivity index (χ3n) is 7.69. The highest BCUT2D eigenvalue weighted by molar-refractivity contribution is 7.80. The zero-order chi connectivity index (χ0) is 29.0. The predicted molar refractivity (Wildman–Crippen MR) is 157 cm³/mol. The number of rotatable bonds is 5. The minimum atomic E-state index is -1.35. The van der Waals surface area contributed by atoms with Gasteiger partial charge in [-0.1, -0.05) is 47.6 Å². The molecule has 3 unspecified atom stereocenters. The molecule has 10 heteroatoms. The second kappa shape index (κ2) is 10.3. The number of aryl methyl sites for hydroxylation is 1. The molecule has 5 rings (SSSR count). The fourth-order valence-electron chi connectivity index (χ4n) is 5.89. The van der Waals surface area contributed by atoms with Gasteiger partial charge in [0.15, 0.2) is 5.60 Å². The molecule has 1 spiro atoms. The number of esters is 1. The smallest absolute Gasteiger partial charge is 0.349 e. The van der Waals surface area contributed by atoms with Crippen LogP contribution in [0.5, 0.6) is 5.75 Å². The molecule has 1 amide bonds. The maximum Gasteiger partial charge on any atom is 0.349 e. The van der Waals surface area contributed by atoms with Crippen LogP contribution in [-0.4, -0.2) is 29.6 Å². The Morgan fingerprint density at radius 2 is 1.77 bits per heavy atom. The van der Waals surface area contributed by atoms with Crippen LogP contribution in [0, 0.1) is 12.7 Å². The van der Waals surface area contributed by atoms with Gasteiger partial charge in [-0.2, -0.15) is 0 Å². The van der Waals surface area contributed by atoms with Crippen LogP contribution in [0.15, 0.2) is 54.6 Å². The average Bonchev–Trinajstić information content (AvgIpc) is 3.18. The number of hydrogen-bond donors (Lipinski definition) is 2. The van der Waals surface area contributed by atoms with Gasteiger partial charge in [0.2, 0.25) is 5.91 Å². The molecule has 3 aromatic rings. The SMILES string of the molecule is COC(=O)C(C)(C)Oc1ccc(Cl)cc1C1CC(=S)NC(c2cc(F)ccc2C)C12C(=O)Nc1cc(Cl)ccc12. The number of carbonyl (C=O) groups excluding carboxylic acids is 2. The summed E-state index contributed by atoms with van der Waals surface area (Å²) in [4.78, 5) is 27.4. The van der Waals surface area contributed by atoms with Gasteiger partial charge in [-0.3, -0.25) is 4.79 Å². The quantitative estimate of drug-likeness (QED) is 0.247. The Hall–Kier alpha value is -3.20. The summed E-state index contributed by atoms with van der Waals surface area (Å²) in [5.41, 5.74) is 0.504. The Morgan fingerprint density at radius 1 is 1.07 bits per heavy atom. The van der Waals surface area contributed by atoms with E-state index in [9.17, 15) is 14.0 Å². The number of fused-ring (bicyclic) bond motifs is 2. The van der Waals surface area contributed by atoms with Crippen LogP contribution in [0.25, 0.3) is 0 Å². The summed E-state index contributed by atoms with van der Waals surface area (Å²) in [6.07, 6.45) is 0.255. The average molecular weight is 602 g/mol. The van der Waals surface area contributed by atoms with Gasteiger partial charge in [0.1, 0.15) is 17.0 Å². The highest BCUT2D eigenvalue weighted by Gasteiger charge is 2.61. The first-order chi connectivity index (χ1) is 18.9. The van der Waals surface area contributed by atoms with Gasteiger partial charge in [0.25, 0.3) is 0 Å². The first-order valence-electron chi connectivity index (χ1n) is 12.6. The van der Waals surface area contributed by atoms with Crippen LogP contribution in [0.3, 0.4) is 0 Å². The number of benzene rings is 3. The first-order valence-corrected chi connectivity index (χ1v) is 13.8. The normalized spacial score (nSPS) is 22.0. The van der Waals surface area contributed by atoms with Gasteiger partial charge in [-0.05, 0) is 79.9 Å². The van der Waals surface area contributed by atoms with Gasteiger partial charge in [-0.25, -0.2) is 9.18 Å². The lowest BCUT2D eigenvalue weighted by atomic mass is 9.59. The Morgan fingerprint density at radius 3 is 2.50 bits per heavy atom. The van der Waals surface area contributed by atoms with Crippen LogP contribution < -0.4 is 15.4 Å². The third-order valence-corrected chi connectivity index (χ3v) is 8.45. The van der Waals surface area contributed by atoms with Crippen molar-refractivity contribution in [3.8, 4) is 5.75 Å². The Kier molecular flexibility index (Phi) is 7.31. The third kappa shape index (κ3) is 4.62. The van der Waals surface area contributed by atoms with Crippen molar-refractivity contribution in [3.63, 3.8) is 0 Å². The van der Waals surface area contributed by atoms with Crippen molar-refractivity contribution in [1.29, 1.82) is 0 Å². The lowest BCUT2D eigenvalue weighted by Crippen LogP contribution is -2.56. The molecule has 208 valence electrons. The largest absolute Gasteiger partial charge is 0.476 e. The molecule has 2 aliphatic rings. The number of thiocarbonyl (C=S) groups is 1. The van der Waals surface area contributed by atoms with Crippen molar-refractivity contribution in [3.05, 3.63) is 92.7 Å². The van der Waals surface area contributed by atoms with E-state index in [4.69, 9.17) is 44.9 Å². The van der Waals surface area contributed by atoms with E-state index in [0.717, 1.165) is 5.56 Å². The highest BCUT2D eigenvalue weighted by Crippen LogP contribution is 2.59. The number of piperidine rings is 1. The van der Waals surface area contributed by atoms with Crippen molar-refractivity contribution < 1.29 is 23.5 Å². The van der Waals surface area contributed by atoms with Crippen LogP contribution >= 0.6 is 35.4 Å². The zero-order valence-corrected chi connectivity index (χ0v) is 24.6. The predicted octanol–water partition coefficient (Wildman–Crippen LogP) is 6.81. The molecule has 3 aromatic carbocycles. The molecule has 2 N–H and O–H groups in total. The minimum Gasteiger partial charge on any atom is -0.476 e. The minimum absolute atomic E-state index is 0.255. The topological polar surface area (TPSA) is 76.7 Å². The van der Waals surface area contributed by atoms with Crippen molar-refractivity contribution in [2.45, 2.75) is 50.2 Å². The maximum absolute atomic E-state index is 14.7. The molecular weight excluding hydrogens is 574 g/mol. The molecule has 1 saturated heterocycles. The second-order valence-electron chi connectivity index (χ2n) is 10.6. The number of ether oxygens (including phenoxy) is 2. The summed E-state index contributed by atoms with van der Waals surface area (Å²) in [5, 5.41) is 7.22. The van der Waals surface area contributed by atoms with Gasteiger partial charge in [0, 0.05) is 33.6 Å². The molecule has 2 heterocycles. The van der Waals surface area contributed by atoms with E-state index >= 15 is 0 Å². The fraction of sp³-hybridized carbons (Fsp3) is 0.300. The zero-order valence-electron chi connectivity index (χ0n) is 22.2. The van der Waals surface area contributed by atoms with Crippen molar-refractivity contribution in [2.75, 3.05) is 12.4 Å². The number of carbonyl (C=O) groups is 2. The first kappa shape index (κ1) is 28.3. The van der Waals surface area contributed by atoms with Crippen molar-refractivity contribution >= 4 is 58.0 Å². The van der Waals surface area contributed by atoms with Gasteiger partial charge in [0.05, 0.1) is 18.1 Å². The van der Waals surface area contributed by atoms with E-state index in [-0.39, 0.29) is 12.3 Å². The fourth-order valence-corrected chi connectivity index (χ4v) is 6.53. The monoisotopic (exact) mass is 600 g/mol. The Balaban J connectivity index is 1.81. The second-order valence-corrected chi connectivity index (χ2v) is 11.9. The van der Waals surface area contributed by atoms with Crippen molar-refractivity contribution in [1.82, 2.24) is 5.32 Å². The molecule has 40 heavy (non-hydrogen) atoms. The Bertz CT molecular complexity index is 1560. The molecule has 3 atom stereocenters. The van der Waals surface area contributed by atoms with E-state index in [1.807, 2.05) is 13.0 Å². The molecular formula is C30H27Cl2FN2O4S. The van der Waals surface area contributed by atoms with E-state index in [0.29, 0.717) is 43.2 Å². The molecule has 0 radical (unpaired) electrons. The van der Waals surface area contributed by atoms with E-state index < -0.39 is 34.8 Å². The maximum atomic E-state index is 14.7. The number of anilines is 1. The molecule has 6 nitrogen and oxygen atoms in total. The van der Waals surface area contributed by atoms with Crippen LogP contribution in [0.2, 0.25) is 10.0 Å². The van der Waals surface area contributed by atoms with Crippen molar-refractivity contribution in [2.24, 2.45) is 0 Å². The lowest BCUT2D eigenvalue weighted by Gasteiger charge is -2.48. The summed E-state index contributed by atoms with van der Waals surface area (Å²) >= 11 is 18.6. The lowest BCUT2D eigenvalue weighted by molar-refractivity contribution is -0.156. The molecule has 0 saturated carbocycles. The van der Waals surface area contributed by atoms with Gasteiger partial charge in [-0.15, -0.1) is 0 Å².